The van der Waals surface area contributed by atoms with Crippen LogP contribution in [0.3, 0.4) is 0 Å². The van der Waals surface area contributed by atoms with Crippen molar-refractivity contribution in [1.29, 1.82) is 0 Å². The molecule has 2 aromatic carbocycles. The molecule has 13 heteroatoms. The zero-order valence-corrected chi connectivity index (χ0v) is 20.7. The van der Waals surface area contributed by atoms with E-state index in [0.29, 0.717) is 29.2 Å². The van der Waals surface area contributed by atoms with Gasteiger partial charge in [-0.2, -0.15) is 4.31 Å². The summed E-state index contributed by atoms with van der Waals surface area (Å²) in [5.74, 6) is -2.65. The Morgan fingerprint density at radius 1 is 1.00 bits per heavy atom. The van der Waals surface area contributed by atoms with Crippen molar-refractivity contribution in [3.8, 4) is 5.75 Å². The average molecular weight is 532 g/mol. The fourth-order valence-corrected chi connectivity index (χ4v) is 5.91. The van der Waals surface area contributed by atoms with E-state index < -0.39 is 44.1 Å². The van der Waals surface area contributed by atoms with Crippen LogP contribution in [0.2, 0.25) is 0 Å². The highest BCUT2D eigenvalue weighted by molar-refractivity contribution is 7.92. The van der Waals surface area contributed by atoms with Gasteiger partial charge in [0.15, 0.2) is 11.6 Å². The van der Waals surface area contributed by atoms with Crippen LogP contribution < -0.4 is 14.4 Å². The van der Waals surface area contributed by atoms with Crippen LogP contribution in [0.1, 0.15) is 19.3 Å². The zero-order chi connectivity index (χ0) is 25.6. The first-order valence-corrected chi connectivity index (χ1v) is 14.2. The molecular weight excluding hydrogens is 504 g/mol. The Balaban J connectivity index is 1.50. The molecule has 1 aliphatic rings. The molecule has 2 aromatic rings. The van der Waals surface area contributed by atoms with E-state index >= 15 is 0 Å². The van der Waals surface area contributed by atoms with Crippen LogP contribution in [0.25, 0.3) is 0 Å². The van der Waals surface area contributed by atoms with Crippen molar-refractivity contribution in [2.75, 3.05) is 43.3 Å². The van der Waals surface area contributed by atoms with Gasteiger partial charge in [-0.3, -0.25) is 9.10 Å². The highest BCUT2D eigenvalue weighted by Crippen LogP contribution is 2.23. The molecule has 3 rings (SSSR count). The Kier molecular flexibility index (Phi) is 8.67. The average Bonchev–Trinajstić information content (AvgIpc) is 2.82. The molecule has 1 fully saturated rings. The summed E-state index contributed by atoms with van der Waals surface area (Å²) in [5, 5.41) is 2.49. The Hall–Kier alpha value is -2.77. The summed E-state index contributed by atoms with van der Waals surface area (Å²) in [6.07, 6.45) is 3.55. The lowest BCUT2D eigenvalue weighted by atomic mass is 10.2. The lowest BCUT2D eigenvalue weighted by molar-refractivity contribution is -0.119. The van der Waals surface area contributed by atoms with E-state index in [1.165, 1.54) is 28.6 Å². The summed E-state index contributed by atoms with van der Waals surface area (Å²) >= 11 is 0. The quantitative estimate of drug-likeness (QED) is 0.470. The maximum Gasteiger partial charge on any atom is 0.243 e. The van der Waals surface area contributed by atoms with Gasteiger partial charge in [0.2, 0.25) is 26.0 Å². The minimum Gasteiger partial charge on any atom is -0.492 e. The van der Waals surface area contributed by atoms with Crippen molar-refractivity contribution in [2.45, 2.75) is 24.2 Å². The number of piperidine rings is 1. The monoisotopic (exact) mass is 531 g/mol. The van der Waals surface area contributed by atoms with Gasteiger partial charge in [-0.25, -0.2) is 25.6 Å². The zero-order valence-electron chi connectivity index (χ0n) is 19.1. The van der Waals surface area contributed by atoms with Crippen LogP contribution in [0.4, 0.5) is 14.5 Å². The van der Waals surface area contributed by atoms with E-state index in [9.17, 15) is 30.4 Å². The second kappa shape index (κ2) is 11.3. The van der Waals surface area contributed by atoms with Gasteiger partial charge < -0.3 is 10.1 Å². The van der Waals surface area contributed by atoms with Crippen molar-refractivity contribution in [3.63, 3.8) is 0 Å². The molecule has 0 unspecified atom stereocenters. The van der Waals surface area contributed by atoms with Crippen molar-refractivity contribution < 1.29 is 35.1 Å². The van der Waals surface area contributed by atoms with Gasteiger partial charge in [-0.15, -0.1) is 0 Å². The van der Waals surface area contributed by atoms with Crippen molar-refractivity contribution >= 4 is 31.6 Å². The number of anilines is 1. The number of halogens is 2. The predicted molar refractivity (Wildman–Crippen MR) is 126 cm³/mol. The molecule has 0 radical (unpaired) electrons. The van der Waals surface area contributed by atoms with E-state index in [1.54, 1.807) is 0 Å². The van der Waals surface area contributed by atoms with Crippen LogP contribution in [0.5, 0.6) is 5.75 Å². The smallest absolute Gasteiger partial charge is 0.243 e. The summed E-state index contributed by atoms with van der Waals surface area (Å²) in [5.41, 5.74) is -0.183. The normalized spacial score (nSPS) is 14.9. The molecule has 9 nitrogen and oxygen atoms in total. The maximum atomic E-state index is 13.5. The number of carbonyl (C=O) groups is 1. The number of sulfonamides is 2. The molecule has 0 aliphatic carbocycles. The molecule has 0 saturated carbocycles. The number of ether oxygens (including phenoxy) is 1. The molecule has 0 aromatic heterocycles. The van der Waals surface area contributed by atoms with Gasteiger partial charge in [0, 0.05) is 19.2 Å². The largest absolute Gasteiger partial charge is 0.492 e. The molecular formula is C22H27F2N3O6S2. The highest BCUT2D eigenvalue weighted by Gasteiger charge is 2.26. The summed E-state index contributed by atoms with van der Waals surface area (Å²) in [6.45, 7) is 0.448. The summed E-state index contributed by atoms with van der Waals surface area (Å²) in [4.78, 5) is 12.4. The first-order chi connectivity index (χ1) is 16.5. The van der Waals surface area contributed by atoms with Crippen molar-refractivity contribution in [3.05, 3.63) is 54.1 Å². The van der Waals surface area contributed by atoms with Crippen molar-refractivity contribution in [1.82, 2.24) is 9.62 Å². The topological polar surface area (TPSA) is 113 Å². The van der Waals surface area contributed by atoms with E-state index in [2.05, 4.69) is 5.32 Å². The first-order valence-electron chi connectivity index (χ1n) is 10.9. The van der Waals surface area contributed by atoms with E-state index in [-0.39, 0.29) is 23.7 Å². The number of hydrogen-bond donors (Lipinski definition) is 1. The Bertz CT molecular complexity index is 1250. The molecule has 1 saturated heterocycles. The van der Waals surface area contributed by atoms with Crippen LogP contribution in [0.15, 0.2) is 47.4 Å². The number of rotatable bonds is 10. The lowest BCUT2D eigenvalue weighted by Crippen LogP contribution is -2.41. The Morgan fingerprint density at radius 2 is 1.66 bits per heavy atom. The fourth-order valence-electron chi connectivity index (χ4n) is 3.55. The fraction of sp³-hybridized carbons (Fsp3) is 0.409. The molecule has 1 heterocycles. The lowest BCUT2D eigenvalue weighted by Gasteiger charge is -2.25. The molecule has 1 aliphatic heterocycles. The molecule has 0 bridgehead atoms. The maximum absolute atomic E-state index is 13.5. The standard InChI is InChI=1S/C22H27F2N3O6S2/c1-34(29,30)27(17-5-10-20(23)21(24)15-17)16-22(28)25-11-14-33-18-6-8-19(9-7-18)35(31,32)26-12-3-2-4-13-26/h5-10,15H,2-4,11-14,16H2,1H3,(H,25,28). The number of nitrogens with zero attached hydrogens (tertiary/aromatic N) is 2. The second-order valence-corrected chi connectivity index (χ2v) is 11.8. The second-order valence-electron chi connectivity index (χ2n) is 8.00. The molecule has 1 amide bonds. The van der Waals surface area contributed by atoms with Gasteiger partial charge in [0.1, 0.15) is 18.9 Å². The van der Waals surface area contributed by atoms with Crippen molar-refractivity contribution in [2.24, 2.45) is 0 Å². The predicted octanol–water partition coefficient (Wildman–Crippen LogP) is 2.10. The summed E-state index contributed by atoms with van der Waals surface area (Å²) in [6, 6.07) is 8.50. The van der Waals surface area contributed by atoms with Crippen LogP contribution in [-0.4, -0.2) is 66.1 Å². The molecule has 0 spiro atoms. The van der Waals surface area contributed by atoms with Gasteiger partial charge in [-0.05, 0) is 49.2 Å². The number of carbonyl (C=O) groups excluding carboxylic acids is 1. The van der Waals surface area contributed by atoms with Crippen LogP contribution in [0, 0.1) is 11.6 Å². The number of hydrogen-bond acceptors (Lipinski definition) is 6. The van der Waals surface area contributed by atoms with Crippen LogP contribution >= 0.6 is 0 Å². The molecule has 1 N–H and O–H groups in total. The highest BCUT2D eigenvalue weighted by atomic mass is 32.2. The number of amides is 1. The SMILES string of the molecule is CS(=O)(=O)N(CC(=O)NCCOc1ccc(S(=O)(=O)N2CCCCC2)cc1)c1ccc(F)c(F)c1. The molecule has 0 atom stereocenters. The summed E-state index contributed by atoms with van der Waals surface area (Å²) in [7, 11) is -7.49. The molecule has 192 valence electrons. The van der Waals surface area contributed by atoms with E-state index in [1.807, 2.05) is 0 Å². The van der Waals surface area contributed by atoms with Gasteiger partial charge >= 0.3 is 0 Å². The minimum atomic E-state index is -3.94. The van der Waals surface area contributed by atoms with Gasteiger partial charge in [-0.1, -0.05) is 6.42 Å². The summed E-state index contributed by atoms with van der Waals surface area (Å²) < 4.78 is 83.8. The minimum absolute atomic E-state index is 0.0298. The molecule has 35 heavy (non-hydrogen) atoms. The third-order valence-electron chi connectivity index (χ3n) is 5.35. The Morgan fingerprint density at radius 3 is 2.26 bits per heavy atom. The number of nitrogens with one attached hydrogen (secondary N) is 1. The first kappa shape index (κ1) is 26.8. The third-order valence-corrected chi connectivity index (χ3v) is 8.40. The Labute approximate surface area is 203 Å². The van der Waals surface area contributed by atoms with E-state index in [4.69, 9.17) is 4.74 Å². The van der Waals surface area contributed by atoms with E-state index in [0.717, 1.165) is 37.7 Å². The van der Waals surface area contributed by atoms with Crippen LogP contribution in [-0.2, 0) is 24.8 Å². The van der Waals surface area contributed by atoms with Gasteiger partial charge in [0.05, 0.1) is 23.4 Å². The van der Waals surface area contributed by atoms with Gasteiger partial charge in [0.25, 0.3) is 0 Å². The third kappa shape index (κ3) is 7.12. The number of benzene rings is 2.